The van der Waals surface area contributed by atoms with Crippen molar-refractivity contribution < 1.29 is 13.2 Å². The summed E-state index contributed by atoms with van der Waals surface area (Å²) in [7, 11) is -3.94. The first kappa shape index (κ1) is 21.0. The van der Waals surface area contributed by atoms with Crippen LogP contribution < -0.4 is 10.3 Å². The van der Waals surface area contributed by atoms with Crippen LogP contribution in [0.1, 0.15) is 48.0 Å². The van der Waals surface area contributed by atoms with E-state index in [0.717, 1.165) is 10.9 Å². The second kappa shape index (κ2) is 7.57. The number of hydrogen-bond donors (Lipinski definition) is 2. The van der Waals surface area contributed by atoms with E-state index in [1.807, 2.05) is 30.3 Å². The fourth-order valence-corrected chi connectivity index (χ4v) is 4.52. The second-order valence-electron chi connectivity index (χ2n) is 8.14. The number of amides is 1. The molecule has 0 fully saturated rings. The highest BCUT2D eigenvalue weighted by molar-refractivity contribution is 7.89. The zero-order valence-electron chi connectivity index (χ0n) is 17.2. The highest BCUT2D eigenvalue weighted by Gasteiger charge is 2.24. The summed E-state index contributed by atoms with van der Waals surface area (Å²) in [5.74, 6) is -0.624. The normalized spacial score (nSPS) is 12.2. The molecule has 0 spiro atoms. The van der Waals surface area contributed by atoms with Crippen molar-refractivity contribution in [2.75, 3.05) is 0 Å². The van der Waals surface area contributed by atoms with Crippen LogP contribution in [0.4, 0.5) is 0 Å². The van der Waals surface area contributed by atoms with Crippen molar-refractivity contribution in [2.45, 2.75) is 44.9 Å². The number of sulfonamides is 1. The largest absolute Gasteiger partial charge is 0.284 e. The Morgan fingerprint density at radius 2 is 1.59 bits per heavy atom. The highest BCUT2D eigenvalue weighted by atomic mass is 32.2. The molecule has 29 heavy (non-hydrogen) atoms. The molecule has 3 rings (SSSR count). The Kier molecular flexibility index (Phi) is 5.47. The van der Waals surface area contributed by atoms with Crippen molar-refractivity contribution in [3.05, 3.63) is 70.9 Å². The molecule has 7 heteroatoms. The molecule has 2 aromatic carbocycles. The molecule has 1 amide bonds. The van der Waals surface area contributed by atoms with Crippen molar-refractivity contribution in [3.8, 4) is 0 Å². The second-order valence-corrected chi connectivity index (χ2v) is 9.76. The van der Waals surface area contributed by atoms with Gasteiger partial charge >= 0.3 is 0 Å². The van der Waals surface area contributed by atoms with E-state index in [-0.39, 0.29) is 16.0 Å². The first-order chi connectivity index (χ1) is 13.5. The van der Waals surface area contributed by atoms with Crippen molar-refractivity contribution in [2.24, 2.45) is 0 Å². The number of nitrogens with one attached hydrogen (secondary N) is 2. The number of pyridine rings is 1. The molecule has 0 saturated heterocycles. The molecule has 0 atom stereocenters. The maximum Gasteiger partial charge on any atom is 0.284 e. The molecule has 0 aliphatic heterocycles. The fourth-order valence-electron chi connectivity index (χ4n) is 3.23. The SMILES string of the molecule is Cc1cc(C(C)(C)C)cc(C)c1S(=O)(=O)NNC(=O)c1ccc2ccccc2n1. The first-order valence-electron chi connectivity index (χ1n) is 9.29. The van der Waals surface area contributed by atoms with Gasteiger partial charge in [0.2, 0.25) is 0 Å². The Bertz CT molecular complexity index is 1170. The van der Waals surface area contributed by atoms with Crippen molar-refractivity contribution in [3.63, 3.8) is 0 Å². The minimum atomic E-state index is -3.94. The number of benzene rings is 2. The standard InChI is InChI=1S/C22H25N3O3S/c1-14-12-17(22(3,4)5)13-15(2)20(14)29(27,28)25-24-21(26)19-11-10-16-8-6-7-9-18(16)23-19/h6-13,25H,1-5H3,(H,24,26). The van der Waals surface area contributed by atoms with Gasteiger partial charge in [-0.3, -0.25) is 10.2 Å². The van der Waals surface area contributed by atoms with Gasteiger partial charge in [-0.1, -0.05) is 57.2 Å². The Morgan fingerprint density at radius 3 is 2.21 bits per heavy atom. The van der Waals surface area contributed by atoms with E-state index in [9.17, 15) is 13.2 Å². The van der Waals surface area contributed by atoms with Crippen molar-refractivity contribution >= 4 is 26.8 Å². The van der Waals surface area contributed by atoms with Crippen LogP contribution in [-0.2, 0) is 15.4 Å². The Hall–Kier alpha value is -2.77. The van der Waals surface area contributed by atoms with E-state index in [2.05, 4.69) is 36.0 Å². The van der Waals surface area contributed by atoms with Gasteiger partial charge in [-0.2, -0.15) is 0 Å². The van der Waals surface area contributed by atoms with Crippen molar-refractivity contribution in [1.29, 1.82) is 0 Å². The Labute approximate surface area is 171 Å². The Morgan fingerprint density at radius 1 is 0.966 bits per heavy atom. The predicted molar refractivity (Wildman–Crippen MR) is 114 cm³/mol. The third-order valence-corrected chi connectivity index (χ3v) is 6.28. The number of nitrogens with zero attached hydrogens (tertiary/aromatic N) is 1. The molecular formula is C22H25N3O3S. The lowest BCUT2D eigenvalue weighted by molar-refractivity contribution is 0.0940. The van der Waals surface area contributed by atoms with E-state index in [1.165, 1.54) is 0 Å². The van der Waals surface area contributed by atoms with Crippen LogP contribution >= 0.6 is 0 Å². The topological polar surface area (TPSA) is 88.2 Å². The number of hydrogen-bond acceptors (Lipinski definition) is 4. The fraction of sp³-hybridized carbons (Fsp3) is 0.273. The third-order valence-electron chi connectivity index (χ3n) is 4.73. The van der Waals surface area contributed by atoms with Crippen LogP contribution in [-0.4, -0.2) is 19.3 Å². The van der Waals surface area contributed by atoms with Crippen LogP contribution in [0.3, 0.4) is 0 Å². The van der Waals surface area contributed by atoms with Gasteiger partial charge in [0, 0.05) is 5.39 Å². The summed E-state index contributed by atoms with van der Waals surface area (Å²) in [6.07, 6.45) is 0. The number of hydrazine groups is 1. The molecule has 6 nitrogen and oxygen atoms in total. The molecule has 3 aromatic rings. The summed E-state index contributed by atoms with van der Waals surface area (Å²) >= 11 is 0. The number of carbonyl (C=O) groups excluding carboxylic acids is 1. The first-order valence-corrected chi connectivity index (χ1v) is 10.8. The monoisotopic (exact) mass is 411 g/mol. The van der Waals surface area contributed by atoms with E-state index >= 15 is 0 Å². The van der Waals surface area contributed by atoms with Gasteiger partial charge in [0.15, 0.2) is 0 Å². The lowest BCUT2D eigenvalue weighted by Gasteiger charge is -2.22. The van der Waals surface area contributed by atoms with E-state index < -0.39 is 15.9 Å². The molecule has 2 N–H and O–H groups in total. The van der Waals surface area contributed by atoms with Gasteiger partial charge < -0.3 is 0 Å². The molecule has 0 aliphatic rings. The molecule has 0 saturated carbocycles. The number of fused-ring (bicyclic) bond motifs is 1. The molecule has 0 bridgehead atoms. The zero-order valence-corrected chi connectivity index (χ0v) is 18.0. The Balaban J connectivity index is 1.83. The zero-order chi connectivity index (χ0) is 21.4. The third kappa shape index (κ3) is 4.46. The number of carbonyl (C=O) groups is 1. The van der Waals surface area contributed by atoms with E-state index in [1.54, 1.807) is 32.0 Å². The lowest BCUT2D eigenvalue weighted by Crippen LogP contribution is -2.42. The van der Waals surface area contributed by atoms with E-state index in [0.29, 0.717) is 16.6 Å². The van der Waals surface area contributed by atoms with Gasteiger partial charge in [-0.15, -0.1) is 4.83 Å². The van der Waals surface area contributed by atoms with Crippen molar-refractivity contribution in [1.82, 2.24) is 15.2 Å². The molecule has 1 heterocycles. The van der Waals surface area contributed by atoms with Crippen LogP contribution in [0.5, 0.6) is 0 Å². The van der Waals surface area contributed by atoms with Crippen LogP contribution in [0.25, 0.3) is 10.9 Å². The molecule has 0 aliphatic carbocycles. The van der Waals surface area contributed by atoms with Gasteiger partial charge in [0.1, 0.15) is 5.69 Å². The quantitative estimate of drug-likeness (QED) is 0.640. The summed E-state index contributed by atoms with van der Waals surface area (Å²) in [5.41, 5.74) is 5.26. The minimum absolute atomic E-state index is 0.0960. The molecule has 0 unspecified atom stereocenters. The van der Waals surface area contributed by atoms with Crippen LogP contribution in [0.15, 0.2) is 53.4 Å². The average molecular weight is 412 g/mol. The number of aromatic nitrogens is 1. The van der Waals surface area contributed by atoms with Gasteiger partial charge in [-0.05, 0) is 48.1 Å². The lowest BCUT2D eigenvalue weighted by atomic mass is 9.85. The van der Waals surface area contributed by atoms with Crippen LogP contribution in [0.2, 0.25) is 0 Å². The predicted octanol–water partition coefficient (Wildman–Crippen LogP) is 3.77. The summed E-state index contributed by atoms with van der Waals surface area (Å²) in [6, 6.07) is 14.5. The average Bonchev–Trinajstić information content (AvgIpc) is 2.64. The van der Waals surface area contributed by atoms with Crippen LogP contribution in [0, 0.1) is 13.8 Å². The summed E-state index contributed by atoms with van der Waals surface area (Å²) in [5, 5.41) is 0.898. The maximum atomic E-state index is 12.8. The van der Waals surface area contributed by atoms with Gasteiger partial charge in [0.05, 0.1) is 10.4 Å². The molecular weight excluding hydrogens is 386 g/mol. The summed E-state index contributed by atoms with van der Waals surface area (Å²) in [4.78, 5) is 19.1. The van der Waals surface area contributed by atoms with Gasteiger partial charge in [-0.25, -0.2) is 13.4 Å². The number of rotatable bonds is 4. The summed E-state index contributed by atoms with van der Waals surface area (Å²) in [6.45, 7) is 9.73. The molecule has 1 aromatic heterocycles. The van der Waals surface area contributed by atoms with E-state index in [4.69, 9.17) is 0 Å². The van der Waals surface area contributed by atoms with Gasteiger partial charge in [0.25, 0.3) is 15.9 Å². The smallest absolute Gasteiger partial charge is 0.272 e. The minimum Gasteiger partial charge on any atom is -0.272 e. The summed E-state index contributed by atoms with van der Waals surface area (Å²) < 4.78 is 25.7. The number of aryl methyl sites for hydroxylation is 2. The highest BCUT2D eigenvalue weighted by Crippen LogP contribution is 2.28. The molecule has 0 radical (unpaired) electrons. The molecule has 152 valence electrons. The number of para-hydroxylation sites is 1. The maximum absolute atomic E-state index is 12.8.